The number of thiocarbonyl (C=S) groups is 1. The molecular weight excluding hydrogens is 522 g/mol. The summed E-state index contributed by atoms with van der Waals surface area (Å²) in [4.78, 5) is 34.7. The van der Waals surface area contributed by atoms with Crippen LogP contribution in [0.3, 0.4) is 0 Å². The third-order valence-electron chi connectivity index (χ3n) is 6.70. The van der Waals surface area contributed by atoms with Crippen LogP contribution in [-0.2, 0) is 27.2 Å². The molecular formula is C28H31N3O5S2. The second-order valence-electron chi connectivity index (χ2n) is 9.94. The standard InChI is InChI=1S/C28H31N3O5S2/c1-4-35-27(33)24-23(29-21(37)14-20(32)17-8-6-5-7-9-17)22-18-15-28(2,3)36-16-19(18)25(30-26(22)38-24)31-10-12-34-13-11-31/h5-9H,4,10-16H2,1-3H3,(H,29,37). The Morgan fingerprint density at radius 2 is 1.92 bits per heavy atom. The molecule has 0 bridgehead atoms. The van der Waals surface area contributed by atoms with Crippen LogP contribution in [0, 0.1) is 0 Å². The average Bonchev–Trinajstić information content (AvgIpc) is 3.27. The zero-order valence-electron chi connectivity index (χ0n) is 21.8. The molecule has 0 amide bonds. The number of nitrogens with zero attached hydrogens (tertiary/aromatic N) is 2. The maximum Gasteiger partial charge on any atom is 0.350 e. The highest BCUT2D eigenvalue weighted by molar-refractivity contribution is 7.80. The van der Waals surface area contributed by atoms with Gasteiger partial charge in [-0.05, 0) is 26.3 Å². The van der Waals surface area contributed by atoms with E-state index in [0.29, 0.717) is 47.4 Å². The van der Waals surface area contributed by atoms with Crippen LogP contribution >= 0.6 is 23.6 Å². The summed E-state index contributed by atoms with van der Waals surface area (Å²) in [6.07, 6.45) is 0.664. The largest absolute Gasteiger partial charge is 0.462 e. The van der Waals surface area contributed by atoms with Crippen molar-refractivity contribution in [3.63, 3.8) is 0 Å². The number of Topliss-reactive ketones (excluding diaryl/α,β-unsaturated/α-hetero) is 1. The fourth-order valence-electron chi connectivity index (χ4n) is 4.87. The van der Waals surface area contributed by atoms with E-state index in [9.17, 15) is 9.59 Å². The maximum absolute atomic E-state index is 13.1. The van der Waals surface area contributed by atoms with Crippen LogP contribution < -0.4 is 10.2 Å². The molecule has 200 valence electrons. The summed E-state index contributed by atoms with van der Waals surface area (Å²) in [5.41, 5.74) is 2.85. The van der Waals surface area contributed by atoms with Crippen LogP contribution in [0.1, 0.15) is 58.3 Å². The predicted octanol–water partition coefficient (Wildman–Crippen LogP) is 5.17. The summed E-state index contributed by atoms with van der Waals surface area (Å²) < 4.78 is 17.2. The molecule has 5 rings (SSSR count). The van der Waals surface area contributed by atoms with E-state index in [0.717, 1.165) is 40.3 Å². The number of nitrogens with one attached hydrogen (secondary N) is 1. The Bertz CT molecular complexity index is 1380. The van der Waals surface area contributed by atoms with Gasteiger partial charge >= 0.3 is 5.97 Å². The van der Waals surface area contributed by atoms with Crippen LogP contribution in [0.4, 0.5) is 11.5 Å². The molecule has 3 aromatic rings. The third kappa shape index (κ3) is 5.44. The Hall–Kier alpha value is -2.92. The van der Waals surface area contributed by atoms with Gasteiger partial charge in [0.25, 0.3) is 0 Å². The van der Waals surface area contributed by atoms with Gasteiger partial charge in [-0.3, -0.25) is 4.79 Å². The average molecular weight is 554 g/mol. The lowest BCUT2D eigenvalue weighted by molar-refractivity contribution is -0.0396. The van der Waals surface area contributed by atoms with Crippen LogP contribution in [0.2, 0.25) is 0 Å². The van der Waals surface area contributed by atoms with Crippen molar-refractivity contribution < 1.29 is 23.8 Å². The molecule has 2 aromatic heterocycles. The lowest BCUT2D eigenvalue weighted by Gasteiger charge is -2.36. The molecule has 1 aromatic carbocycles. The Morgan fingerprint density at radius 1 is 1.18 bits per heavy atom. The van der Waals surface area contributed by atoms with Crippen molar-refractivity contribution in [1.29, 1.82) is 0 Å². The quantitative estimate of drug-likeness (QED) is 0.242. The van der Waals surface area contributed by atoms with Crippen molar-refractivity contribution in [2.75, 3.05) is 43.1 Å². The highest BCUT2D eigenvalue weighted by atomic mass is 32.1. The van der Waals surface area contributed by atoms with Gasteiger partial charge in [0.1, 0.15) is 15.5 Å². The molecule has 8 nitrogen and oxygen atoms in total. The number of carbonyl (C=O) groups excluding carboxylic acids is 2. The molecule has 1 saturated heterocycles. The van der Waals surface area contributed by atoms with Crippen molar-refractivity contribution in [2.24, 2.45) is 0 Å². The molecule has 0 spiro atoms. The van der Waals surface area contributed by atoms with Crippen LogP contribution in [0.5, 0.6) is 0 Å². The molecule has 2 aliphatic rings. The first-order chi connectivity index (χ1) is 18.3. The van der Waals surface area contributed by atoms with E-state index in [2.05, 4.69) is 24.1 Å². The van der Waals surface area contributed by atoms with Gasteiger partial charge in [0.2, 0.25) is 0 Å². The van der Waals surface area contributed by atoms with Crippen LogP contribution in [0.25, 0.3) is 10.2 Å². The summed E-state index contributed by atoms with van der Waals surface area (Å²) in [6, 6.07) is 9.05. The number of hydrogen-bond donors (Lipinski definition) is 1. The molecule has 38 heavy (non-hydrogen) atoms. The Balaban J connectivity index is 1.60. The third-order valence-corrected chi connectivity index (χ3v) is 8.01. The molecule has 0 radical (unpaired) electrons. The van der Waals surface area contributed by atoms with E-state index in [4.69, 9.17) is 31.4 Å². The molecule has 0 atom stereocenters. The smallest absolute Gasteiger partial charge is 0.350 e. The molecule has 1 N–H and O–H groups in total. The molecule has 4 heterocycles. The van der Waals surface area contributed by atoms with E-state index < -0.39 is 11.6 Å². The highest BCUT2D eigenvalue weighted by Crippen LogP contribution is 2.45. The first kappa shape index (κ1) is 26.7. The minimum absolute atomic E-state index is 0.0229. The highest BCUT2D eigenvalue weighted by Gasteiger charge is 2.35. The topological polar surface area (TPSA) is 90.0 Å². The Morgan fingerprint density at radius 3 is 2.63 bits per heavy atom. The van der Waals surface area contributed by atoms with Gasteiger partial charge in [0, 0.05) is 36.0 Å². The van der Waals surface area contributed by atoms with Crippen molar-refractivity contribution >= 4 is 62.0 Å². The number of morpholine rings is 1. The predicted molar refractivity (Wildman–Crippen MR) is 153 cm³/mol. The number of pyridine rings is 1. The molecule has 1 fully saturated rings. The number of thiophene rings is 1. The molecule has 0 saturated carbocycles. The van der Waals surface area contributed by atoms with Gasteiger partial charge in [0.15, 0.2) is 5.78 Å². The van der Waals surface area contributed by atoms with Crippen molar-refractivity contribution in [3.8, 4) is 0 Å². The number of esters is 1. The van der Waals surface area contributed by atoms with Crippen molar-refractivity contribution in [2.45, 2.75) is 45.8 Å². The number of ether oxygens (including phenoxy) is 3. The van der Waals surface area contributed by atoms with E-state index >= 15 is 0 Å². The maximum atomic E-state index is 13.1. The minimum Gasteiger partial charge on any atom is -0.462 e. The van der Waals surface area contributed by atoms with Crippen LogP contribution in [0.15, 0.2) is 30.3 Å². The van der Waals surface area contributed by atoms with Crippen molar-refractivity contribution in [3.05, 3.63) is 51.9 Å². The Kier molecular flexibility index (Phi) is 7.76. The second kappa shape index (κ2) is 11.1. The summed E-state index contributed by atoms with van der Waals surface area (Å²) in [5.74, 6) is 0.337. The van der Waals surface area contributed by atoms with E-state index in [-0.39, 0.29) is 18.8 Å². The monoisotopic (exact) mass is 553 g/mol. The van der Waals surface area contributed by atoms with Gasteiger partial charge < -0.3 is 24.4 Å². The van der Waals surface area contributed by atoms with Crippen molar-refractivity contribution in [1.82, 2.24) is 4.98 Å². The van der Waals surface area contributed by atoms with E-state index in [1.165, 1.54) is 11.3 Å². The minimum atomic E-state index is -0.442. The summed E-state index contributed by atoms with van der Waals surface area (Å²) in [5, 5.41) is 4.10. The van der Waals surface area contributed by atoms with E-state index in [1.54, 1.807) is 19.1 Å². The molecule has 10 heteroatoms. The number of rotatable bonds is 7. The first-order valence-electron chi connectivity index (χ1n) is 12.8. The summed E-state index contributed by atoms with van der Waals surface area (Å²) in [6.45, 7) is 9.30. The van der Waals surface area contributed by atoms with Gasteiger partial charge in [-0.25, -0.2) is 9.78 Å². The molecule has 0 unspecified atom stereocenters. The van der Waals surface area contributed by atoms with Gasteiger partial charge in [-0.1, -0.05) is 42.5 Å². The number of benzene rings is 1. The SMILES string of the molecule is CCOC(=O)c1sc2nc(N3CCOCC3)c3c(c2c1NC(=S)CC(=O)c1ccccc1)CC(C)(C)OC3. The number of carbonyl (C=O) groups is 2. The first-order valence-corrected chi connectivity index (χ1v) is 14.0. The molecule has 2 aliphatic heterocycles. The van der Waals surface area contributed by atoms with Crippen LogP contribution in [-0.4, -0.2) is 60.2 Å². The number of hydrogen-bond acceptors (Lipinski definition) is 9. The zero-order valence-corrected chi connectivity index (χ0v) is 23.4. The Labute approximate surface area is 231 Å². The normalized spacial score (nSPS) is 16.7. The number of ketones is 1. The zero-order chi connectivity index (χ0) is 26.9. The number of fused-ring (bicyclic) bond motifs is 3. The summed E-state index contributed by atoms with van der Waals surface area (Å²) in [7, 11) is 0. The lowest BCUT2D eigenvalue weighted by Crippen LogP contribution is -2.39. The number of anilines is 2. The summed E-state index contributed by atoms with van der Waals surface area (Å²) >= 11 is 6.92. The second-order valence-corrected chi connectivity index (χ2v) is 11.4. The fourth-order valence-corrected chi connectivity index (χ4v) is 6.15. The van der Waals surface area contributed by atoms with E-state index in [1.807, 2.05) is 18.2 Å². The molecule has 0 aliphatic carbocycles. The lowest BCUT2D eigenvalue weighted by atomic mass is 9.89. The van der Waals surface area contributed by atoms with Gasteiger partial charge in [0.05, 0.1) is 49.1 Å². The number of aromatic nitrogens is 1. The fraction of sp³-hybridized carbons (Fsp3) is 0.429. The van der Waals surface area contributed by atoms with Gasteiger partial charge in [-0.2, -0.15) is 0 Å². The van der Waals surface area contributed by atoms with Gasteiger partial charge in [-0.15, -0.1) is 11.3 Å².